The number of aromatic nitrogens is 2. The van der Waals surface area contributed by atoms with Gasteiger partial charge in [0.2, 0.25) is 0 Å². The average Bonchev–Trinajstić information content (AvgIpc) is 3.23. The minimum Gasteiger partial charge on any atom is -0.267 e. The molecule has 2 heterocycles. The van der Waals surface area contributed by atoms with Crippen molar-refractivity contribution in [1.82, 2.24) is 9.66 Å². The van der Waals surface area contributed by atoms with E-state index in [1.165, 1.54) is 33.3 Å². The molecule has 5 nitrogen and oxygen atoms in total. The van der Waals surface area contributed by atoms with Crippen LogP contribution >= 0.6 is 23.1 Å². The molecule has 0 aliphatic carbocycles. The van der Waals surface area contributed by atoms with Gasteiger partial charge in [0, 0.05) is 11.3 Å². The van der Waals surface area contributed by atoms with E-state index in [4.69, 9.17) is 0 Å². The number of carbonyl (C=O) groups is 1. The number of benzene rings is 2. The number of hydrogen-bond acceptors (Lipinski definition) is 5. The maximum atomic E-state index is 13.0. The highest BCUT2D eigenvalue weighted by molar-refractivity contribution is 7.98. The Morgan fingerprint density at radius 3 is 2.45 bits per heavy atom. The molecule has 0 saturated heterocycles. The van der Waals surface area contributed by atoms with E-state index in [0.29, 0.717) is 26.7 Å². The molecule has 31 heavy (non-hydrogen) atoms. The van der Waals surface area contributed by atoms with Crippen LogP contribution in [0.25, 0.3) is 10.2 Å². The smallest absolute Gasteiger partial charge is 0.267 e. The minimum atomic E-state index is -0.350. The average molecular weight is 450 g/mol. The van der Waals surface area contributed by atoms with Crippen LogP contribution in [0.5, 0.6) is 0 Å². The van der Waals surface area contributed by atoms with Crippen molar-refractivity contribution in [2.24, 2.45) is 0 Å². The fourth-order valence-electron chi connectivity index (χ4n) is 3.09. The van der Waals surface area contributed by atoms with Gasteiger partial charge in [-0.1, -0.05) is 75.0 Å². The number of rotatable bonds is 5. The number of hydrogen-bond donors (Lipinski definition) is 1. The third-order valence-electron chi connectivity index (χ3n) is 4.89. The number of thioether (sulfide) groups is 1. The molecule has 0 unspecified atom stereocenters. The fourth-order valence-corrected chi connectivity index (χ4v) is 4.76. The lowest BCUT2D eigenvalue weighted by molar-refractivity contribution is 0.100. The van der Waals surface area contributed by atoms with Crippen molar-refractivity contribution in [3.05, 3.63) is 93.1 Å². The number of carbonyl (C=O) groups excluding carboxylic acids is 1. The number of thiophene rings is 1. The van der Waals surface area contributed by atoms with Gasteiger partial charge in [-0.15, -0.1) is 11.3 Å². The molecule has 0 atom stereocenters. The zero-order valence-corrected chi connectivity index (χ0v) is 19.2. The van der Waals surface area contributed by atoms with Crippen molar-refractivity contribution >= 4 is 39.2 Å². The topological polar surface area (TPSA) is 64.0 Å². The Balaban J connectivity index is 1.62. The van der Waals surface area contributed by atoms with Gasteiger partial charge in [0.1, 0.15) is 4.70 Å². The van der Waals surface area contributed by atoms with Crippen LogP contribution in [0.15, 0.2) is 76.0 Å². The third kappa shape index (κ3) is 4.73. The first-order valence-electron chi connectivity index (χ1n) is 9.92. The molecular weight excluding hydrogens is 426 g/mol. The van der Waals surface area contributed by atoms with Gasteiger partial charge in [0.05, 0.1) is 5.52 Å². The molecule has 1 amide bonds. The zero-order valence-electron chi connectivity index (χ0n) is 17.6. The quantitative estimate of drug-likeness (QED) is 0.326. The highest BCUT2D eigenvalue weighted by Crippen LogP contribution is 2.26. The van der Waals surface area contributed by atoms with E-state index in [9.17, 15) is 9.59 Å². The second-order valence-electron chi connectivity index (χ2n) is 8.21. The molecule has 0 bridgehead atoms. The highest BCUT2D eigenvalue weighted by atomic mass is 32.2. The van der Waals surface area contributed by atoms with Gasteiger partial charge < -0.3 is 0 Å². The van der Waals surface area contributed by atoms with Gasteiger partial charge in [0.15, 0.2) is 5.16 Å². The lowest BCUT2D eigenvalue weighted by atomic mass is 9.87. The first kappa shape index (κ1) is 21.3. The van der Waals surface area contributed by atoms with Crippen molar-refractivity contribution in [3.8, 4) is 0 Å². The second-order valence-corrected chi connectivity index (χ2v) is 10.1. The largest absolute Gasteiger partial charge is 0.291 e. The van der Waals surface area contributed by atoms with Crippen LogP contribution < -0.4 is 11.0 Å². The zero-order chi connectivity index (χ0) is 22.0. The Kier molecular flexibility index (Phi) is 5.98. The van der Waals surface area contributed by atoms with Crippen LogP contribution in [0.1, 0.15) is 42.3 Å². The monoisotopic (exact) mass is 449 g/mol. The second kappa shape index (κ2) is 8.69. The molecule has 0 aliphatic rings. The molecule has 2 aromatic heterocycles. The molecule has 4 rings (SSSR count). The summed E-state index contributed by atoms with van der Waals surface area (Å²) in [6.07, 6.45) is 0. The minimum absolute atomic E-state index is 0.0966. The Morgan fingerprint density at radius 2 is 1.77 bits per heavy atom. The van der Waals surface area contributed by atoms with Crippen molar-refractivity contribution in [2.45, 2.75) is 37.1 Å². The first-order chi connectivity index (χ1) is 14.8. The molecule has 4 aromatic rings. The summed E-state index contributed by atoms with van der Waals surface area (Å²) in [5.74, 6) is 0.282. The summed E-state index contributed by atoms with van der Waals surface area (Å²) in [6.45, 7) is 6.56. The van der Waals surface area contributed by atoms with Gasteiger partial charge in [-0.3, -0.25) is 15.0 Å². The van der Waals surface area contributed by atoms with Crippen LogP contribution in [-0.4, -0.2) is 15.6 Å². The maximum Gasteiger partial charge on any atom is 0.291 e. The van der Waals surface area contributed by atoms with Crippen LogP contribution in [0.3, 0.4) is 0 Å². The molecule has 0 aliphatic heterocycles. The van der Waals surface area contributed by atoms with Crippen molar-refractivity contribution < 1.29 is 4.79 Å². The normalized spacial score (nSPS) is 11.6. The van der Waals surface area contributed by atoms with E-state index in [0.717, 1.165) is 5.56 Å². The SMILES string of the molecule is CC(C)(C)c1ccc(CSc2nc3ccsc3c(=O)n2NC(=O)c2ccccc2)cc1. The maximum absolute atomic E-state index is 13.0. The molecule has 158 valence electrons. The number of nitrogens with one attached hydrogen (secondary N) is 1. The Morgan fingerprint density at radius 1 is 1.06 bits per heavy atom. The van der Waals surface area contributed by atoms with E-state index >= 15 is 0 Å². The van der Waals surface area contributed by atoms with Crippen LogP contribution in [0.2, 0.25) is 0 Å². The van der Waals surface area contributed by atoms with Crippen LogP contribution in [0, 0.1) is 0 Å². The standard InChI is InChI=1S/C24H23N3O2S2/c1-24(2,3)18-11-9-16(10-12-18)15-31-23-25-19-13-14-30-20(19)22(29)27(23)26-21(28)17-7-5-4-6-8-17/h4-14H,15H2,1-3H3,(H,26,28). The molecule has 0 saturated carbocycles. The lowest BCUT2D eigenvalue weighted by Crippen LogP contribution is -2.34. The van der Waals surface area contributed by atoms with E-state index in [1.54, 1.807) is 24.3 Å². The van der Waals surface area contributed by atoms with Gasteiger partial charge in [-0.2, -0.15) is 4.68 Å². The summed E-state index contributed by atoms with van der Waals surface area (Å²) in [5, 5.41) is 2.29. The number of fused-ring (bicyclic) bond motifs is 1. The Hall–Kier alpha value is -2.90. The predicted octanol–water partition coefficient (Wildman–Crippen LogP) is 5.43. The van der Waals surface area contributed by atoms with E-state index < -0.39 is 0 Å². The summed E-state index contributed by atoms with van der Waals surface area (Å²) in [6, 6.07) is 19.1. The third-order valence-corrected chi connectivity index (χ3v) is 6.79. The molecule has 2 aromatic carbocycles. The summed E-state index contributed by atoms with van der Waals surface area (Å²) in [7, 11) is 0. The van der Waals surface area contributed by atoms with Gasteiger partial charge in [-0.25, -0.2) is 4.98 Å². The van der Waals surface area contributed by atoms with Gasteiger partial charge in [0.25, 0.3) is 11.5 Å². The molecule has 0 radical (unpaired) electrons. The van der Waals surface area contributed by atoms with E-state index in [2.05, 4.69) is 55.4 Å². The molecule has 0 spiro atoms. The molecule has 7 heteroatoms. The number of amides is 1. The van der Waals surface area contributed by atoms with Gasteiger partial charge >= 0.3 is 0 Å². The van der Waals surface area contributed by atoms with Gasteiger partial charge in [-0.05, 0) is 40.1 Å². The Labute approximate surface area is 189 Å². The van der Waals surface area contributed by atoms with E-state index in [1.807, 2.05) is 17.5 Å². The lowest BCUT2D eigenvalue weighted by Gasteiger charge is -2.19. The first-order valence-corrected chi connectivity index (χ1v) is 11.8. The molecule has 0 fully saturated rings. The summed E-state index contributed by atoms with van der Waals surface area (Å²) >= 11 is 2.75. The number of nitrogens with zero attached hydrogens (tertiary/aromatic N) is 2. The molecular formula is C24H23N3O2S2. The van der Waals surface area contributed by atoms with Crippen LogP contribution in [-0.2, 0) is 11.2 Å². The van der Waals surface area contributed by atoms with Crippen molar-refractivity contribution in [2.75, 3.05) is 5.43 Å². The summed E-state index contributed by atoms with van der Waals surface area (Å²) < 4.78 is 1.79. The predicted molar refractivity (Wildman–Crippen MR) is 129 cm³/mol. The molecule has 1 N–H and O–H groups in total. The fraction of sp³-hybridized carbons (Fsp3) is 0.208. The van der Waals surface area contributed by atoms with Crippen molar-refractivity contribution in [3.63, 3.8) is 0 Å². The van der Waals surface area contributed by atoms with E-state index in [-0.39, 0.29) is 16.9 Å². The summed E-state index contributed by atoms with van der Waals surface area (Å²) in [4.78, 5) is 30.4. The van der Waals surface area contributed by atoms with Crippen molar-refractivity contribution in [1.29, 1.82) is 0 Å². The summed E-state index contributed by atoms with van der Waals surface area (Å²) in [5.41, 5.74) is 6.08. The van der Waals surface area contributed by atoms with Crippen LogP contribution in [0.4, 0.5) is 0 Å². The Bertz CT molecular complexity index is 1270. The highest BCUT2D eigenvalue weighted by Gasteiger charge is 2.17.